The number of carbonyl (C=O) groups is 1. The second-order valence-corrected chi connectivity index (χ2v) is 6.74. The molecule has 1 N–H and O–H groups in total. The molecule has 0 radical (unpaired) electrons. The van der Waals surface area contributed by atoms with Crippen LogP contribution in [-0.4, -0.2) is 17.7 Å². The monoisotopic (exact) mass is 390 g/mol. The number of hydrogen-bond acceptors (Lipinski definition) is 2. The Morgan fingerprint density at radius 2 is 1.33 bits per heavy atom. The Hall–Kier alpha value is -2.00. The van der Waals surface area contributed by atoms with Gasteiger partial charge in [-0.25, -0.2) is 0 Å². The Bertz CT molecular complexity index is 626. The predicted molar refractivity (Wildman–Crippen MR) is 113 cm³/mol. The number of hydrogen-bond donors (Lipinski definition) is 1. The molecule has 3 nitrogen and oxygen atoms in total. The maximum atomic E-state index is 10.5. The van der Waals surface area contributed by atoms with Crippen LogP contribution in [0, 0.1) is 0 Å². The fourth-order valence-corrected chi connectivity index (χ4v) is 2.98. The quantitative estimate of drug-likeness (QED) is 0.421. The zero-order chi connectivity index (χ0) is 18.5. The lowest BCUT2D eigenvalue weighted by atomic mass is 10.1. The lowest BCUT2D eigenvalue weighted by Crippen LogP contribution is -1.98. The van der Waals surface area contributed by atoms with E-state index in [-0.39, 0.29) is 18.8 Å². The van der Waals surface area contributed by atoms with E-state index in [9.17, 15) is 4.79 Å². The second kappa shape index (κ2) is 14.1. The highest BCUT2D eigenvalue weighted by atomic mass is 35.5. The van der Waals surface area contributed by atoms with Crippen LogP contribution in [0.2, 0.25) is 0 Å². The first-order valence-electron chi connectivity index (χ1n) is 9.71. The molecule has 2 aromatic rings. The smallest absolute Gasteiger partial charge is 0.303 e. The van der Waals surface area contributed by atoms with Crippen LogP contribution in [0.25, 0.3) is 0 Å². The second-order valence-electron chi connectivity index (χ2n) is 6.74. The number of carboxylic acid groups (broad SMARTS) is 1. The van der Waals surface area contributed by atoms with Crippen molar-refractivity contribution in [3.05, 3.63) is 65.7 Å². The van der Waals surface area contributed by atoms with Crippen LogP contribution in [0.3, 0.4) is 0 Å². The van der Waals surface area contributed by atoms with Crippen molar-refractivity contribution in [2.75, 3.05) is 6.61 Å². The summed E-state index contributed by atoms with van der Waals surface area (Å²) in [6.45, 7) is 0.760. The van der Waals surface area contributed by atoms with E-state index in [1.807, 2.05) is 0 Å². The van der Waals surface area contributed by atoms with Gasteiger partial charge in [0, 0.05) is 6.42 Å². The standard InChI is InChI=1S/C23H30O3.ClH/c24-23(25)14-7-2-1-4-12-21-15-17-22(18-16-21)26-19-9-8-13-20-10-5-3-6-11-20;/h3,5-6,10-11,15-18H,1-2,4,7-9,12-14,19H2,(H,24,25);1H. The first-order valence-corrected chi connectivity index (χ1v) is 9.71. The Morgan fingerprint density at radius 1 is 0.741 bits per heavy atom. The van der Waals surface area contributed by atoms with Crippen LogP contribution in [0.4, 0.5) is 0 Å². The van der Waals surface area contributed by atoms with E-state index in [4.69, 9.17) is 9.84 Å². The van der Waals surface area contributed by atoms with Crippen molar-refractivity contribution < 1.29 is 14.6 Å². The molecule has 0 fully saturated rings. The molecule has 4 heteroatoms. The Morgan fingerprint density at radius 3 is 2.00 bits per heavy atom. The molecule has 0 amide bonds. The van der Waals surface area contributed by atoms with Crippen molar-refractivity contribution >= 4 is 18.4 Å². The Kier molecular flexibility index (Phi) is 12.0. The molecule has 0 aromatic heterocycles. The SMILES string of the molecule is Cl.O=C(O)CCCCCCc1ccc(OCCCCc2ccccc2)cc1. The first kappa shape index (κ1) is 23.0. The highest BCUT2D eigenvalue weighted by molar-refractivity contribution is 5.85. The number of ether oxygens (including phenoxy) is 1. The third-order valence-electron chi connectivity index (χ3n) is 4.50. The van der Waals surface area contributed by atoms with Gasteiger partial charge in [0.2, 0.25) is 0 Å². The summed E-state index contributed by atoms with van der Waals surface area (Å²) in [7, 11) is 0. The lowest BCUT2D eigenvalue weighted by molar-refractivity contribution is -0.137. The summed E-state index contributed by atoms with van der Waals surface area (Å²) >= 11 is 0. The number of halogens is 1. The zero-order valence-corrected chi connectivity index (χ0v) is 16.8. The van der Waals surface area contributed by atoms with Gasteiger partial charge in [-0.05, 0) is 61.8 Å². The fraction of sp³-hybridized carbons (Fsp3) is 0.435. The number of rotatable bonds is 13. The van der Waals surface area contributed by atoms with Gasteiger partial charge in [0.15, 0.2) is 0 Å². The Labute approximate surface area is 169 Å². The number of unbranched alkanes of at least 4 members (excludes halogenated alkanes) is 4. The molecule has 0 atom stereocenters. The van der Waals surface area contributed by atoms with Crippen LogP contribution >= 0.6 is 12.4 Å². The molecule has 0 aliphatic carbocycles. The van der Waals surface area contributed by atoms with E-state index in [0.29, 0.717) is 0 Å². The van der Waals surface area contributed by atoms with E-state index >= 15 is 0 Å². The van der Waals surface area contributed by atoms with Crippen molar-refractivity contribution in [3.8, 4) is 5.75 Å². The summed E-state index contributed by atoms with van der Waals surface area (Å²) in [6.07, 6.45) is 8.63. The fourth-order valence-electron chi connectivity index (χ4n) is 2.98. The summed E-state index contributed by atoms with van der Waals surface area (Å²) in [5.41, 5.74) is 2.71. The minimum Gasteiger partial charge on any atom is -0.494 e. The van der Waals surface area contributed by atoms with Gasteiger partial charge in [-0.2, -0.15) is 0 Å². The molecule has 2 rings (SSSR count). The largest absolute Gasteiger partial charge is 0.494 e. The van der Waals surface area contributed by atoms with Gasteiger partial charge in [0.05, 0.1) is 6.61 Å². The van der Waals surface area contributed by atoms with Gasteiger partial charge in [-0.15, -0.1) is 12.4 Å². The predicted octanol–water partition coefficient (Wildman–Crippen LogP) is 6.09. The normalized spacial score (nSPS) is 10.2. The molecule has 0 unspecified atom stereocenters. The van der Waals surface area contributed by atoms with Crippen molar-refractivity contribution in [1.29, 1.82) is 0 Å². The highest BCUT2D eigenvalue weighted by Gasteiger charge is 1.99. The van der Waals surface area contributed by atoms with E-state index in [1.165, 1.54) is 11.1 Å². The number of aliphatic carboxylic acids is 1. The molecular formula is C23H31ClO3. The summed E-state index contributed by atoms with van der Waals surface area (Å²) in [6, 6.07) is 18.9. The van der Waals surface area contributed by atoms with Crippen LogP contribution in [-0.2, 0) is 17.6 Å². The van der Waals surface area contributed by atoms with E-state index < -0.39 is 5.97 Å². The highest BCUT2D eigenvalue weighted by Crippen LogP contribution is 2.15. The summed E-state index contributed by atoms with van der Waals surface area (Å²) in [4.78, 5) is 10.5. The number of benzene rings is 2. The third kappa shape index (κ3) is 10.7. The van der Waals surface area contributed by atoms with Crippen LogP contribution < -0.4 is 4.74 Å². The minimum absolute atomic E-state index is 0. The maximum Gasteiger partial charge on any atom is 0.303 e. The number of carboxylic acids is 1. The molecule has 0 spiro atoms. The number of aryl methyl sites for hydroxylation is 2. The molecule has 0 aliphatic rings. The van der Waals surface area contributed by atoms with Gasteiger partial charge in [0.25, 0.3) is 0 Å². The third-order valence-corrected chi connectivity index (χ3v) is 4.50. The molecule has 0 saturated heterocycles. The first-order chi connectivity index (χ1) is 12.7. The summed E-state index contributed by atoms with van der Waals surface area (Å²) in [5, 5.41) is 8.61. The molecule has 0 heterocycles. The molecule has 148 valence electrons. The van der Waals surface area contributed by atoms with Crippen molar-refractivity contribution in [2.45, 2.75) is 57.8 Å². The molecule has 0 saturated carbocycles. The average Bonchev–Trinajstić information content (AvgIpc) is 2.66. The van der Waals surface area contributed by atoms with Crippen LogP contribution in [0.15, 0.2) is 54.6 Å². The van der Waals surface area contributed by atoms with E-state index in [0.717, 1.165) is 63.7 Å². The van der Waals surface area contributed by atoms with Crippen LogP contribution in [0.1, 0.15) is 56.1 Å². The van der Waals surface area contributed by atoms with Crippen LogP contribution in [0.5, 0.6) is 5.75 Å². The van der Waals surface area contributed by atoms with Crippen molar-refractivity contribution in [1.82, 2.24) is 0 Å². The van der Waals surface area contributed by atoms with Crippen molar-refractivity contribution in [2.24, 2.45) is 0 Å². The topological polar surface area (TPSA) is 46.5 Å². The molecular weight excluding hydrogens is 360 g/mol. The molecule has 0 bridgehead atoms. The molecule has 2 aromatic carbocycles. The van der Waals surface area contributed by atoms with Crippen molar-refractivity contribution in [3.63, 3.8) is 0 Å². The lowest BCUT2D eigenvalue weighted by Gasteiger charge is -2.08. The van der Waals surface area contributed by atoms with E-state index in [1.54, 1.807) is 0 Å². The van der Waals surface area contributed by atoms with E-state index in [2.05, 4.69) is 54.6 Å². The summed E-state index contributed by atoms with van der Waals surface area (Å²) in [5.74, 6) is 0.246. The van der Waals surface area contributed by atoms with Gasteiger partial charge >= 0.3 is 5.97 Å². The minimum atomic E-state index is -0.694. The van der Waals surface area contributed by atoms with Gasteiger partial charge in [-0.3, -0.25) is 4.79 Å². The van der Waals surface area contributed by atoms with Gasteiger partial charge in [-0.1, -0.05) is 55.3 Å². The maximum absolute atomic E-state index is 10.5. The van der Waals surface area contributed by atoms with Gasteiger partial charge < -0.3 is 9.84 Å². The summed E-state index contributed by atoms with van der Waals surface area (Å²) < 4.78 is 5.82. The van der Waals surface area contributed by atoms with Gasteiger partial charge in [0.1, 0.15) is 5.75 Å². The molecule has 0 aliphatic heterocycles. The Balaban J connectivity index is 0.00000364. The molecule has 27 heavy (non-hydrogen) atoms. The zero-order valence-electron chi connectivity index (χ0n) is 15.9. The average molecular weight is 391 g/mol.